The molecule has 0 spiro atoms. The van der Waals surface area contributed by atoms with E-state index in [2.05, 4.69) is 36.3 Å². The number of halogens is 1. The van der Waals surface area contributed by atoms with E-state index in [0.29, 0.717) is 18.1 Å². The van der Waals surface area contributed by atoms with E-state index in [-0.39, 0.29) is 29.5 Å². The van der Waals surface area contributed by atoms with E-state index >= 15 is 0 Å². The van der Waals surface area contributed by atoms with Gasteiger partial charge in [-0.15, -0.1) is 24.0 Å². The maximum absolute atomic E-state index is 12.3. The van der Waals surface area contributed by atoms with Crippen LogP contribution in [0.5, 0.6) is 0 Å². The third kappa shape index (κ3) is 9.22. The molecule has 0 amide bonds. The Morgan fingerprint density at radius 1 is 1.14 bits per heavy atom. The normalized spacial score (nSPS) is 16.9. The van der Waals surface area contributed by atoms with Crippen LogP contribution < -0.4 is 10.6 Å². The highest BCUT2D eigenvalue weighted by atomic mass is 127. The molecule has 0 aliphatic carbocycles. The number of piperidine rings is 1. The summed E-state index contributed by atoms with van der Waals surface area (Å²) in [5.74, 6) is 2.05. The van der Waals surface area contributed by atoms with Gasteiger partial charge in [-0.25, -0.2) is 0 Å². The summed E-state index contributed by atoms with van der Waals surface area (Å²) < 4.78 is 12.3. The van der Waals surface area contributed by atoms with Crippen LogP contribution in [0.15, 0.2) is 35.3 Å². The van der Waals surface area contributed by atoms with E-state index in [1.165, 1.54) is 32.4 Å². The second-order valence-corrected chi connectivity index (χ2v) is 9.33. The van der Waals surface area contributed by atoms with Gasteiger partial charge in [0.05, 0.1) is 6.54 Å². The van der Waals surface area contributed by atoms with Crippen molar-refractivity contribution in [1.29, 1.82) is 0 Å². The minimum atomic E-state index is -0.870. The first-order chi connectivity index (χ1) is 13.0. The molecule has 0 bridgehead atoms. The van der Waals surface area contributed by atoms with Crippen molar-refractivity contribution >= 4 is 40.7 Å². The lowest BCUT2D eigenvalue weighted by Gasteiger charge is -2.40. The Hall–Kier alpha value is -0.670. The highest BCUT2D eigenvalue weighted by molar-refractivity contribution is 14.0. The number of guanidine groups is 1. The van der Waals surface area contributed by atoms with Gasteiger partial charge in [0.15, 0.2) is 5.96 Å². The highest BCUT2D eigenvalue weighted by Gasteiger charge is 2.27. The maximum atomic E-state index is 12.3. The molecular weight excluding hydrogens is 483 g/mol. The predicted octanol–water partition coefficient (Wildman–Crippen LogP) is 3.37. The molecule has 1 aliphatic heterocycles. The van der Waals surface area contributed by atoms with Crippen LogP contribution in [0.25, 0.3) is 0 Å². The lowest BCUT2D eigenvalue weighted by Crippen LogP contribution is -2.49. The zero-order valence-electron chi connectivity index (χ0n) is 17.6. The van der Waals surface area contributed by atoms with E-state index in [9.17, 15) is 4.21 Å². The van der Waals surface area contributed by atoms with Gasteiger partial charge >= 0.3 is 0 Å². The summed E-state index contributed by atoms with van der Waals surface area (Å²) in [5.41, 5.74) is 1.19. The van der Waals surface area contributed by atoms with E-state index in [0.717, 1.165) is 24.6 Å². The molecule has 160 valence electrons. The van der Waals surface area contributed by atoms with E-state index < -0.39 is 10.8 Å². The SMILES string of the molecule is CCNC(=NCC(C)(C)N1CCCCC1)NCCS(=O)Cc1ccccc1.I. The molecule has 1 saturated heterocycles. The monoisotopic (exact) mass is 520 g/mol. The number of nitrogens with one attached hydrogen (secondary N) is 2. The lowest BCUT2D eigenvalue weighted by atomic mass is 9.99. The second kappa shape index (κ2) is 13.5. The van der Waals surface area contributed by atoms with Crippen molar-refractivity contribution in [2.45, 2.75) is 51.3 Å². The van der Waals surface area contributed by atoms with Crippen LogP contribution in [-0.4, -0.2) is 59.1 Å². The van der Waals surface area contributed by atoms with Gasteiger partial charge in [-0.05, 0) is 52.3 Å². The van der Waals surface area contributed by atoms with E-state index in [4.69, 9.17) is 4.99 Å². The molecule has 1 fully saturated rings. The molecule has 2 N–H and O–H groups in total. The molecule has 28 heavy (non-hydrogen) atoms. The fourth-order valence-corrected chi connectivity index (χ4v) is 4.37. The molecule has 1 aromatic rings. The Balaban J connectivity index is 0.00000392. The highest BCUT2D eigenvalue weighted by Crippen LogP contribution is 2.20. The molecule has 2 rings (SSSR count). The quantitative estimate of drug-likeness (QED) is 0.298. The molecule has 1 aromatic carbocycles. The number of nitrogens with zero attached hydrogens (tertiary/aromatic N) is 2. The minimum absolute atomic E-state index is 0. The summed E-state index contributed by atoms with van der Waals surface area (Å²) in [4.78, 5) is 7.35. The third-order valence-electron chi connectivity index (χ3n) is 4.97. The van der Waals surface area contributed by atoms with Gasteiger partial charge < -0.3 is 10.6 Å². The molecule has 1 atom stereocenters. The van der Waals surface area contributed by atoms with Crippen LogP contribution in [0.3, 0.4) is 0 Å². The average molecular weight is 521 g/mol. The first-order valence-corrected chi connectivity index (χ1v) is 11.7. The smallest absolute Gasteiger partial charge is 0.191 e. The fourth-order valence-electron chi connectivity index (χ4n) is 3.33. The van der Waals surface area contributed by atoms with Gasteiger partial charge in [-0.2, -0.15) is 0 Å². The Morgan fingerprint density at radius 3 is 2.46 bits per heavy atom. The van der Waals surface area contributed by atoms with Gasteiger partial charge in [0.1, 0.15) is 0 Å². The van der Waals surface area contributed by atoms with Crippen molar-refractivity contribution in [1.82, 2.24) is 15.5 Å². The van der Waals surface area contributed by atoms with Crippen molar-refractivity contribution in [2.24, 2.45) is 4.99 Å². The topological polar surface area (TPSA) is 56.7 Å². The molecule has 1 unspecified atom stereocenters. The molecule has 5 nitrogen and oxygen atoms in total. The second-order valence-electron chi connectivity index (χ2n) is 7.76. The van der Waals surface area contributed by atoms with Gasteiger partial charge in [0.25, 0.3) is 0 Å². The summed E-state index contributed by atoms with van der Waals surface area (Å²) in [6, 6.07) is 10.0. The summed E-state index contributed by atoms with van der Waals surface area (Å²) in [6.45, 7) is 11.2. The van der Waals surface area contributed by atoms with Gasteiger partial charge in [-0.3, -0.25) is 14.1 Å². The number of hydrogen-bond donors (Lipinski definition) is 2. The predicted molar refractivity (Wildman–Crippen MR) is 132 cm³/mol. The van der Waals surface area contributed by atoms with Crippen molar-refractivity contribution in [3.8, 4) is 0 Å². The van der Waals surface area contributed by atoms with Crippen LogP contribution in [-0.2, 0) is 16.6 Å². The standard InChI is InChI=1S/C21H36N4OS.HI/c1-4-22-20(24-18-21(2,3)25-14-9-6-10-15-25)23-13-16-27(26)17-19-11-7-5-8-12-19;/h5,7-8,11-12H,4,6,9-10,13-18H2,1-3H3,(H2,22,23,24);1H. The maximum Gasteiger partial charge on any atom is 0.191 e. The van der Waals surface area contributed by atoms with Crippen LogP contribution in [0.4, 0.5) is 0 Å². The van der Waals surface area contributed by atoms with Gasteiger partial charge in [0.2, 0.25) is 0 Å². The van der Waals surface area contributed by atoms with Crippen LogP contribution in [0, 0.1) is 0 Å². The first-order valence-electron chi connectivity index (χ1n) is 10.2. The van der Waals surface area contributed by atoms with Crippen LogP contribution in [0.2, 0.25) is 0 Å². The molecule has 0 radical (unpaired) electrons. The van der Waals surface area contributed by atoms with E-state index in [1.54, 1.807) is 0 Å². The number of aliphatic imine (C=N–C) groups is 1. The number of likely N-dealkylation sites (tertiary alicyclic amines) is 1. The number of benzene rings is 1. The summed E-state index contributed by atoms with van der Waals surface area (Å²) in [6.07, 6.45) is 3.93. The third-order valence-corrected chi connectivity index (χ3v) is 6.29. The first kappa shape index (κ1) is 25.4. The van der Waals surface area contributed by atoms with Crippen molar-refractivity contribution in [3.63, 3.8) is 0 Å². The number of rotatable bonds is 9. The Morgan fingerprint density at radius 2 is 1.82 bits per heavy atom. The summed E-state index contributed by atoms with van der Waals surface area (Å²) >= 11 is 0. The van der Waals surface area contributed by atoms with Crippen molar-refractivity contribution < 1.29 is 4.21 Å². The Kier molecular flexibility index (Phi) is 12.3. The summed E-state index contributed by atoms with van der Waals surface area (Å²) in [7, 11) is -0.870. The van der Waals surface area contributed by atoms with E-state index in [1.807, 2.05) is 30.3 Å². The summed E-state index contributed by atoms with van der Waals surface area (Å²) in [5, 5.41) is 6.64. The van der Waals surface area contributed by atoms with Gasteiger partial charge in [-0.1, -0.05) is 36.8 Å². The van der Waals surface area contributed by atoms with Gasteiger partial charge in [0, 0.05) is 40.9 Å². The zero-order chi connectivity index (χ0) is 19.5. The average Bonchev–Trinajstić information content (AvgIpc) is 2.67. The molecule has 0 aromatic heterocycles. The lowest BCUT2D eigenvalue weighted by molar-refractivity contribution is 0.102. The van der Waals surface area contributed by atoms with Crippen molar-refractivity contribution in [2.75, 3.05) is 38.5 Å². The van der Waals surface area contributed by atoms with Crippen LogP contribution in [0.1, 0.15) is 45.6 Å². The largest absolute Gasteiger partial charge is 0.357 e. The molecule has 7 heteroatoms. The Bertz CT molecular complexity index is 604. The minimum Gasteiger partial charge on any atom is -0.357 e. The fraction of sp³-hybridized carbons (Fsp3) is 0.667. The molecule has 0 saturated carbocycles. The van der Waals surface area contributed by atoms with Crippen LogP contribution >= 0.6 is 24.0 Å². The number of hydrogen-bond acceptors (Lipinski definition) is 3. The molecule has 1 aliphatic rings. The van der Waals surface area contributed by atoms with Crippen molar-refractivity contribution in [3.05, 3.63) is 35.9 Å². The molecular formula is C21H37IN4OS. The Labute approximate surface area is 190 Å². The zero-order valence-corrected chi connectivity index (χ0v) is 20.7. The molecule has 1 heterocycles.